The van der Waals surface area contributed by atoms with Crippen LogP contribution >= 0.6 is 0 Å². The molecule has 1 aromatic carbocycles. The highest BCUT2D eigenvalue weighted by Crippen LogP contribution is 2.25. The lowest BCUT2D eigenvalue weighted by atomic mass is 9.82. The van der Waals surface area contributed by atoms with Crippen molar-refractivity contribution in [3.63, 3.8) is 0 Å². The van der Waals surface area contributed by atoms with Crippen molar-refractivity contribution in [2.75, 3.05) is 0 Å². The van der Waals surface area contributed by atoms with Gasteiger partial charge < -0.3 is 10.2 Å². The van der Waals surface area contributed by atoms with Gasteiger partial charge in [-0.3, -0.25) is 9.59 Å². The van der Waals surface area contributed by atoms with E-state index in [0.29, 0.717) is 0 Å². The lowest BCUT2D eigenvalue weighted by Crippen LogP contribution is -2.38. The summed E-state index contributed by atoms with van der Waals surface area (Å²) in [5, 5.41) is 18.1. The summed E-state index contributed by atoms with van der Waals surface area (Å²) >= 11 is 0. The topological polar surface area (TPSA) is 74.6 Å². The lowest BCUT2D eigenvalue weighted by Gasteiger charge is -2.20. The third kappa shape index (κ3) is 2.64. The molecular weight excluding hydrogens is 220 g/mol. The van der Waals surface area contributed by atoms with Crippen LogP contribution in [-0.4, -0.2) is 22.2 Å². The Morgan fingerprint density at radius 1 is 1.18 bits per heavy atom. The Kier molecular flexibility index (Phi) is 3.56. The fourth-order valence-electron chi connectivity index (χ4n) is 1.67. The van der Waals surface area contributed by atoms with Gasteiger partial charge in [-0.2, -0.15) is 0 Å². The zero-order valence-electron chi connectivity index (χ0n) is 10.2. The molecule has 92 valence electrons. The van der Waals surface area contributed by atoms with Crippen molar-refractivity contribution in [3.05, 3.63) is 34.9 Å². The fraction of sp³-hybridized carbons (Fsp3) is 0.385. The molecular formula is C13H16O4. The molecule has 0 aliphatic carbocycles. The van der Waals surface area contributed by atoms with Gasteiger partial charge in [0.05, 0.1) is 0 Å². The predicted octanol–water partition coefficient (Wildman–Crippen LogP) is 2.02. The van der Waals surface area contributed by atoms with Crippen molar-refractivity contribution in [1.29, 1.82) is 0 Å². The van der Waals surface area contributed by atoms with Crippen LogP contribution in [0, 0.1) is 19.3 Å². The molecule has 0 aliphatic heterocycles. The van der Waals surface area contributed by atoms with Crippen LogP contribution in [0.3, 0.4) is 0 Å². The van der Waals surface area contributed by atoms with Crippen molar-refractivity contribution in [1.82, 2.24) is 0 Å². The quantitative estimate of drug-likeness (QED) is 0.784. The molecule has 0 bridgehead atoms. The van der Waals surface area contributed by atoms with E-state index in [9.17, 15) is 9.59 Å². The molecule has 17 heavy (non-hydrogen) atoms. The molecule has 1 rings (SSSR count). The van der Waals surface area contributed by atoms with Crippen molar-refractivity contribution < 1.29 is 19.8 Å². The standard InChI is InChI=1S/C13H16O4/c1-8-4-5-10(9(2)6-8)7-13(3,11(14)15)12(16)17/h4-6H,7H2,1-3H3,(H,14,15)(H,16,17). The molecule has 4 nitrogen and oxygen atoms in total. The number of carboxylic acids is 2. The highest BCUT2D eigenvalue weighted by molar-refractivity contribution is 5.98. The Morgan fingerprint density at radius 2 is 1.71 bits per heavy atom. The van der Waals surface area contributed by atoms with Crippen LogP contribution in [0.5, 0.6) is 0 Å². The van der Waals surface area contributed by atoms with E-state index in [1.807, 2.05) is 26.0 Å². The monoisotopic (exact) mass is 236 g/mol. The Hall–Kier alpha value is -1.84. The van der Waals surface area contributed by atoms with Gasteiger partial charge in [0.2, 0.25) is 0 Å². The van der Waals surface area contributed by atoms with Gasteiger partial charge in [-0.05, 0) is 38.3 Å². The summed E-state index contributed by atoms with van der Waals surface area (Å²) < 4.78 is 0. The summed E-state index contributed by atoms with van der Waals surface area (Å²) in [5.74, 6) is -2.63. The Balaban J connectivity index is 3.11. The van der Waals surface area contributed by atoms with Crippen LogP contribution in [0.1, 0.15) is 23.6 Å². The third-order valence-corrected chi connectivity index (χ3v) is 2.99. The average molecular weight is 236 g/mol. The normalized spacial score (nSPS) is 11.2. The molecule has 0 saturated carbocycles. The van der Waals surface area contributed by atoms with E-state index in [2.05, 4.69) is 0 Å². The van der Waals surface area contributed by atoms with E-state index in [0.717, 1.165) is 16.7 Å². The number of carboxylic acid groups (broad SMARTS) is 2. The summed E-state index contributed by atoms with van der Waals surface area (Å²) in [7, 11) is 0. The SMILES string of the molecule is Cc1ccc(CC(C)(C(=O)O)C(=O)O)c(C)c1. The summed E-state index contributed by atoms with van der Waals surface area (Å²) in [6.45, 7) is 5.02. The number of rotatable bonds is 4. The van der Waals surface area contributed by atoms with E-state index in [1.54, 1.807) is 6.07 Å². The number of hydrogen-bond acceptors (Lipinski definition) is 2. The van der Waals surface area contributed by atoms with Crippen molar-refractivity contribution in [3.8, 4) is 0 Å². The molecule has 0 spiro atoms. The number of aryl methyl sites for hydroxylation is 2. The first-order valence-electron chi connectivity index (χ1n) is 5.30. The van der Waals surface area contributed by atoms with Crippen LogP contribution in [-0.2, 0) is 16.0 Å². The molecule has 0 aromatic heterocycles. The third-order valence-electron chi connectivity index (χ3n) is 2.99. The first kappa shape index (κ1) is 13.2. The molecule has 0 unspecified atom stereocenters. The van der Waals surface area contributed by atoms with Crippen LogP contribution in [0.4, 0.5) is 0 Å². The second kappa shape index (κ2) is 4.57. The van der Waals surface area contributed by atoms with Gasteiger partial charge in [0.15, 0.2) is 5.41 Å². The van der Waals surface area contributed by atoms with Gasteiger partial charge in [0, 0.05) is 0 Å². The van der Waals surface area contributed by atoms with Gasteiger partial charge in [-0.25, -0.2) is 0 Å². The molecule has 0 amide bonds. The van der Waals surface area contributed by atoms with E-state index in [4.69, 9.17) is 10.2 Å². The molecule has 4 heteroatoms. The zero-order valence-corrected chi connectivity index (χ0v) is 10.2. The number of hydrogen-bond donors (Lipinski definition) is 2. The highest BCUT2D eigenvalue weighted by Gasteiger charge is 2.41. The van der Waals surface area contributed by atoms with E-state index in [1.165, 1.54) is 6.92 Å². The number of carbonyl (C=O) groups is 2. The van der Waals surface area contributed by atoms with Crippen molar-refractivity contribution >= 4 is 11.9 Å². The number of aliphatic carboxylic acids is 2. The van der Waals surface area contributed by atoms with Gasteiger partial charge in [-0.1, -0.05) is 23.8 Å². The van der Waals surface area contributed by atoms with Crippen molar-refractivity contribution in [2.24, 2.45) is 5.41 Å². The second-order valence-corrected chi connectivity index (χ2v) is 4.55. The van der Waals surface area contributed by atoms with Gasteiger partial charge >= 0.3 is 11.9 Å². The summed E-state index contributed by atoms with van der Waals surface area (Å²) in [4.78, 5) is 22.1. The molecule has 0 radical (unpaired) electrons. The summed E-state index contributed by atoms with van der Waals surface area (Å²) in [6, 6.07) is 5.56. The van der Waals surface area contributed by atoms with E-state index in [-0.39, 0.29) is 6.42 Å². The maximum Gasteiger partial charge on any atom is 0.321 e. The molecule has 0 aliphatic rings. The Bertz CT molecular complexity index is 448. The maximum atomic E-state index is 11.1. The van der Waals surface area contributed by atoms with Gasteiger partial charge in [0.1, 0.15) is 0 Å². The molecule has 0 saturated heterocycles. The largest absolute Gasteiger partial charge is 0.480 e. The molecule has 0 heterocycles. The van der Waals surface area contributed by atoms with Crippen LogP contribution in [0.25, 0.3) is 0 Å². The lowest BCUT2D eigenvalue weighted by molar-refractivity contribution is -0.163. The fourth-order valence-corrected chi connectivity index (χ4v) is 1.67. The highest BCUT2D eigenvalue weighted by atomic mass is 16.4. The Morgan fingerprint density at radius 3 is 2.12 bits per heavy atom. The first-order valence-corrected chi connectivity index (χ1v) is 5.30. The van der Waals surface area contributed by atoms with Crippen LogP contribution < -0.4 is 0 Å². The van der Waals surface area contributed by atoms with E-state index >= 15 is 0 Å². The summed E-state index contributed by atoms with van der Waals surface area (Å²) in [5.41, 5.74) is 0.959. The van der Waals surface area contributed by atoms with Crippen LogP contribution in [0.15, 0.2) is 18.2 Å². The minimum Gasteiger partial charge on any atom is -0.480 e. The minimum absolute atomic E-state index is 0.0101. The molecule has 2 N–H and O–H groups in total. The summed E-state index contributed by atoms with van der Waals surface area (Å²) in [6.07, 6.45) is -0.0101. The zero-order chi connectivity index (χ0) is 13.2. The molecule has 0 fully saturated rings. The number of benzene rings is 1. The van der Waals surface area contributed by atoms with Crippen LogP contribution in [0.2, 0.25) is 0 Å². The first-order chi connectivity index (χ1) is 7.77. The predicted molar refractivity (Wildman–Crippen MR) is 63.0 cm³/mol. The van der Waals surface area contributed by atoms with Crippen molar-refractivity contribution in [2.45, 2.75) is 27.2 Å². The molecule has 0 atom stereocenters. The Labute approximate surface area is 99.9 Å². The average Bonchev–Trinajstić information content (AvgIpc) is 2.21. The molecule has 1 aromatic rings. The van der Waals surface area contributed by atoms with Gasteiger partial charge in [0.25, 0.3) is 0 Å². The smallest absolute Gasteiger partial charge is 0.321 e. The second-order valence-electron chi connectivity index (χ2n) is 4.55. The minimum atomic E-state index is -1.78. The van der Waals surface area contributed by atoms with E-state index < -0.39 is 17.4 Å². The maximum absolute atomic E-state index is 11.1. The van der Waals surface area contributed by atoms with Gasteiger partial charge in [-0.15, -0.1) is 0 Å².